The molecule has 0 N–H and O–H groups in total. The largest absolute Gasteiger partial charge is 1.00 e. The predicted molar refractivity (Wildman–Crippen MR) is 108 cm³/mol. The van der Waals surface area contributed by atoms with Crippen molar-refractivity contribution in [1.82, 2.24) is 4.57 Å². The minimum absolute atomic E-state index is 0. The van der Waals surface area contributed by atoms with Gasteiger partial charge in [0.1, 0.15) is 5.56 Å². The number of carbonyl (C=O) groups excluding carboxylic acids is 2. The van der Waals surface area contributed by atoms with Crippen molar-refractivity contribution < 1.29 is 53.0 Å². The Morgan fingerprint density at radius 3 is 2.42 bits per heavy atom. The number of rotatable bonds is 9. The van der Waals surface area contributed by atoms with Gasteiger partial charge in [-0.15, -0.1) is 11.6 Å². The molecule has 0 aliphatic rings. The second kappa shape index (κ2) is 12.5. The Kier molecular flexibility index (Phi) is 10.8. The number of hydrogen-bond acceptors (Lipinski definition) is 6. The van der Waals surface area contributed by atoms with E-state index in [4.69, 9.17) is 9.47 Å². The number of carbonyl (C=O) groups is 2. The average molecular weight is 438 g/mol. The monoisotopic (exact) mass is 438 g/mol. The number of benzene rings is 1. The van der Waals surface area contributed by atoms with Crippen LogP contribution in [-0.4, -0.2) is 29.7 Å². The van der Waals surface area contributed by atoms with Crippen LogP contribution in [0.2, 0.25) is 0 Å². The second-order valence-electron chi connectivity index (χ2n) is 6.55. The van der Waals surface area contributed by atoms with Crippen LogP contribution in [0.15, 0.2) is 23.1 Å². The standard InChI is InChI=1S/C22H24FN2O5.Na/c1-4-7-8-9-25-13-17(22(28)30-6-3)20(26)15-10-18(23)14(11-19(15)25)16(12-24)21(27)29-5-2;/h10-11,13H,4-9H2,1-3H3;/q-1;+1. The molecule has 0 aliphatic carbocycles. The molecule has 0 spiro atoms. The van der Waals surface area contributed by atoms with E-state index in [1.54, 1.807) is 24.5 Å². The molecule has 1 aromatic carbocycles. The summed E-state index contributed by atoms with van der Waals surface area (Å²) in [5, 5.41) is 9.33. The fourth-order valence-electron chi connectivity index (χ4n) is 3.09. The van der Waals surface area contributed by atoms with E-state index in [1.807, 2.05) is 6.92 Å². The number of hydrogen-bond donors (Lipinski definition) is 0. The van der Waals surface area contributed by atoms with Crippen molar-refractivity contribution in [3.8, 4) is 6.07 Å². The van der Waals surface area contributed by atoms with Gasteiger partial charge in [-0.2, -0.15) is 0 Å². The Morgan fingerprint density at radius 1 is 1.16 bits per heavy atom. The van der Waals surface area contributed by atoms with Gasteiger partial charge in [0.25, 0.3) is 5.97 Å². The van der Waals surface area contributed by atoms with Crippen LogP contribution in [0.1, 0.15) is 56.0 Å². The Labute approximate surface area is 202 Å². The zero-order chi connectivity index (χ0) is 22.3. The first kappa shape index (κ1) is 26.7. The number of esters is 2. The first-order valence-electron chi connectivity index (χ1n) is 9.87. The van der Waals surface area contributed by atoms with E-state index < -0.39 is 29.1 Å². The van der Waals surface area contributed by atoms with Crippen molar-refractivity contribution >= 4 is 22.8 Å². The zero-order valence-electron chi connectivity index (χ0n) is 18.3. The number of fused-ring (bicyclic) bond motifs is 1. The number of aryl methyl sites for hydroxylation is 1. The number of halogens is 1. The number of aromatic nitrogens is 1. The Morgan fingerprint density at radius 2 is 1.84 bits per heavy atom. The van der Waals surface area contributed by atoms with Gasteiger partial charge in [-0.1, -0.05) is 25.8 Å². The fraction of sp³-hybridized carbons (Fsp3) is 0.409. The van der Waals surface area contributed by atoms with Crippen LogP contribution >= 0.6 is 0 Å². The molecule has 0 saturated heterocycles. The summed E-state index contributed by atoms with van der Waals surface area (Å²) in [6.45, 7) is 5.83. The summed E-state index contributed by atoms with van der Waals surface area (Å²) >= 11 is 0. The molecule has 2 aromatic rings. The van der Waals surface area contributed by atoms with Crippen molar-refractivity contribution in [2.75, 3.05) is 13.2 Å². The molecule has 7 nitrogen and oxygen atoms in total. The SMILES string of the molecule is CCCCCn1cc(C(=O)OCC)c(=O)c2cc(F)c([C-](C#N)C(=O)OCC)cc21.[Na+]. The minimum atomic E-state index is -0.943. The first-order valence-corrected chi connectivity index (χ1v) is 9.87. The molecule has 0 fully saturated rings. The molecule has 1 heterocycles. The van der Waals surface area contributed by atoms with E-state index in [1.165, 1.54) is 12.3 Å². The van der Waals surface area contributed by atoms with Gasteiger partial charge >= 0.3 is 35.5 Å². The molecular formula is C22H24FN2NaO5. The number of pyridine rings is 1. The topological polar surface area (TPSA) is 98.4 Å². The summed E-state index contributed by atoms with van der Waals surface area (Å²) in [4.78, 5) is 37.1. The van der Waals surface area contributed by atoms with E-state index in [9.17, 15) is 24.0 Å². The maximum atomic E-state index is 14.8. The molecule has 2 rings (SSSR count). The van der Waals surface area contributed by atoms with Crippen molar-refractivity contribution in [3.05, 3.63) is 51.4 Å². The van der Waals surface area contributed by atoms with E-state index >= 15 is 0 Å². The molecule has 1 aromatic heterocycles. The van der Waals surface area contributed by atoms with E-state index in [0.29, 0.717) is 12.1 Å². The molecule has 0 atom stereocenters. The molecule has 0 unspecified atom stereocenters. The number of ether oxygens (including phenoxy) is 2. The van der Waals surface area contributed by atoms with Crippen molar-refractivity contribution in [3.63, 3.8) is 0 Å². The van der Waals surface area contributed by atoms with Crippen LogP contribution in [0.3, 0.4) is 0 Å². The number of nitrogens with zero attached hydrogens (tertiary/aromatic N) is 2. The second-order valence-corrected chi connectivity index (χ2v) is 6.55. The van der Waals surface area contributed by atoms with E-state index in [2.05, 4.69) is 0 Å². The maximum Gasteiger partial charge on any atom is 1.00 e. The molecule has 0 saturated carbocycles. The van der Waals surface area contributed by atoms with Crippen LogP contribution in [0.4, 0.5) is 4.39 Å². The third kappa shape index (κ3) is 6.10. The Hall–Kier alpha value is -2.34. The summed E-state index contributed by atoms with van der Waals surface area (Å²) in [6, 6.07) is 3.91. The molecule has 9 heteroatoms. The molecular weight excluding hydrogens is 414 g/mol. The van der Waals surface area contributed by atoms with Gasteiger partial charge in [-0.3, -0.25) is 14.0 Å². The normalized spacial score (nSPS) is 10.2. The van der Waals surface area contributed by atoms with Crippen molar-refractivity contribution in [2.24, 2.45) is 0 Å². The van der Waals surface area contributed by atoms with Gasteiger partial charge in [0, 0.05) is 35.9 Å². The van der Waals surface area contributed by atoms with Crippen LogP contribution < -0.4 is 35.0 Å². The van der Waals surface area contributed by atoms with E-state index in [0.717, 1.165) is 25.3 Å². The van der Waals surface area contributed by atoms with E-state index in [-0.39, 0.29) is 59.3 Å². The summed E-state index contributed by atoms with van der Waals surface area (Å²) < 4.78 is 26.3. The molecule has 0 aliphatic heterocycles. The van der Waals surface area contributed by atoms with Crippen LogP contribution in [0, 0.1) is 23.1 Å². The summed E-state index contributed by atoms with van der Waals surface area (Å²) in [6.07, 6.45) is 4.01. The molecule has 160 valence electrons. The third-order valence-corrected chi connectivity index (χ3v) is 4.53. The van der Waals surface area contributed by atoms with Crippen LogP contribution in [0.5, 0.6) is 0 Å². The van der Waals surface area contributed by atoms with Crippen LogP contribution in [0.25, 0.3) is 10.9 Å². The third-order valence-electron chi connectivity index (χ3n) is 4.53. The zero-order valence-corrected chi connectivity index (χ0v) is 20.3. The Bertz CT molecular complexity index is 1040. The maximum absolute atomic E-state index is 14.8. The van der Waals surface area contributed by atoms with Gasteiger partial charge in [0.2, 0.25) is 5.43 Å². The quantitative estimate of drug-likeness (QED) is 0.245. The van der Waals surface area contributed by atoms with Gasteiger partial charge in [-0.05, 0) is 25.8 Å². The first-order chi connectivity index (χ1) is 14.4. The fourth-order valence-corrected chi connectivity index (χ4v) is 3.09. The smallest absolute Gasteiger partial charge is 0.471 e. The van der Waals surface area contributed by atoms with Gasteiger partial charge < -0.3 is 14.0 Å². The molecule has 0 radical (unpaired) electrons. The van der Waals surface area contributed by atoms with Crippen molar-refractivity contribution in [1.29, 1.82) is 5.26 Å². The summed E-state index contributed by atoms with van der Waals surface area (Å²) in [5.74, 6) is -3.14. The Balaban J connectivity index is 0.00000480. The van der Waals surface area contributed by atoms with Crippen molar-refractivity contribution in [2.45, 2.75) is 46.6 Å². The van der Waals surface area contributed by atoms with Crippen LogP contribution in [-0.2, 0) is 20.8 Å². The minimum Gasteiger partial charge on any atom is -0.471 e. The van der Waals surface area contributed by atoms with Gasteiger partial charge in [0.15, 0.2) is 0 Å². The molecule has 0 amide bonds. The number of unbranched alkanes of at least 4 members (excludes halogenated alkanes) is 2. The number of nitriles is 1. The average Bonchev–Trinajstić information content (AvgIpc) is 2.71. The predicted octanol–water partition coefficient (Wildman–Crippen LogP) is 0.521. The molecule has 0 bridgehead atoms. The molecule has 31 heavy (non-hydrogen) atoms. The summed E-state index contributed by atoms with van der Waals surface area (Å²) in [5.41, 5.74) is -0.799. The van der Waals surface area contributed by atoms with Gasteiger partial charge in [-0.25, -0.2) is 10.1 Å². The summed E-state index contributed by atoms with van der Waals surface area (Å²) in [7, 11) is 0. The van der Waals surface area contributed by atoms with Gasteiger partial charge in [0.05, 0.1) is 13.2 Å².